The van der Waals surface area contributed by atoms with Gasteiger partial charge in [0.2, 0.25) is 11.8 Å². The SMILES string of the molecule is Cc1c(Oc2ccc(S(=O)(=O)C3CC3)cc2)ncnc1O[C@H]1CC2CC[C@@H](C1)N2C(=O)OC(C)C. The Morgan fingerprint density at radius 2 is 1.63 bits per heavy atom. The number of nitrogens with zero attached hydrogens (tertiary/aromatic N) is 3. The van der Waals surface area contributed by atoms with E-state index in [0.29, 0.717) is 28.0 Å². The van der Waals surface area contributed by atoms with Crippen molar-refractivity contribution in [2.75, 3.05) is 0 Å². The normalized spacial score (nSPS) is 23.9. The summed E-state index contributed by atoms with van der Waals surface area (Å²) in [7, 11) is -3.24. The molecule has 35 heavy (non-hydrogen) atoms. The Balaban J connectivity index is 1.24. The van der Waals surface area contributed by atoms with E-state index in [0.717, 1.165) is 38.5 Å². The first-order valence-electron chi connectivity index (χ1n) is 12.2. The quantitative estimate of drug-likeness (QED) is 0.548. The molecule has 1 amide bonds. The third kappa shape index (κ3) is 4.94. The highest BCUT2D eigenvalue weighted by Crippen LogP contribution is 2.39. The summed E-state index contributed by atoms with van der Waals surface area (Å²) in [6.07, 6.45) is 5.74. The highest BCUT2D eigenvalue weighted by Gasteiger charge is 2.45. The van der Waals surface area contributed by atoms with Gasteiger partial charge in [0.05, 0.1) is 21.8 Å². The van der Waals surface area contributed by atoms with Crippen molar-refractivity contribution in [2.24, 2.45) is 0 Å². The fourth-order valence-electron chi connectivity index (χ4n) is 4.96. The van der Waals surface area contributed by atoms with Crippen molar-refractivity contribution < 1.29 is 27.4 Å². The maximum Gasteiger partial charge on any atom is 0.410 e. The maximum atomic E-state index is 12.5. The molecule has 3 atom stereocenters. The van der Waals surface area contributed by atoms with Crippen molar-refractivity contribution in [1.29, 1.82) is 0 Å². The second-order valence-electron chi connectivity index (χ2n) is 9.86. The molecule has 3 fully saturated rings. The van der Waals surface area contributed by atoms with Crippen LogP contribution in [0.5, 0.6) is 17.5 Å². The number of amides is 1. The van der Waals surface area contributed by atoms with Crippen molar-refractivity contribution in [2.45, 2.75) is 93.7 Å². The molecule has 2 bridgehead atoms. The molecular weight excluding hydrogens is 470 g/mol. The zero-order valence-corrected chi connectivity index (χ0v) is 21.0. The standard InChI is InChI=1S/C25H31N3O6S/c1-15(2)32-25(29)28-17-4-5-18(28)13-20(12-17)34-24-16(3)23(26-14-27-24)33-19-6-8-21(9-7-19)35(30,31)22-10-11-22/h6-9,14-15,17-18,20,22H,4-5,10-13H2,1-3H3/t17-,18?,20+/m0/s1. The molecule has 5 rings (SSSR count). The van der Waals surface area contributed by atoms with Gasteiger partial charge in [0.1, 0.15) is 18.2 Å². The maximum absolute atomic E-state index is 12.5. The van der Waals surface area contributed by atoms with E-state index in [1.165, 1.54) is 6.33 Å². The van der Waals surface area contributed by atoms with E-state index in [1.807, 2.05) is 25.7 Å². The molecule has 10 heteroatoms. The lowest BCUT2D eigenvalue weighted by Gasteiger charge is -2.38. The fourth-order valence-corrected chi connectivity index (χ4v) is 6.62. The molecule has 0 N–H and O–H groups in total. The van der Waals surface area contributed by atoms with Gasteiger partial charge in [-0.05, 0) is 70.7 Å². The van der Waals surface area contributed by atoms with E-state index >= 15 is 0 Å². The number of benzene rings is 1. The summed E-state index contributed by atoms with van der Waals surface area (Å²) < 4.78 is 42.4. The minimum Gasteiger partial charge on any atom is -0.474 e. The number of ether oxygens (including phenoxy) is 3. The van der Waals surface area contributed by atoms with Crippen LogP contribution in [0.3, 0.4) is 0 Å². The summed E-state index contributed by atoms with van der Waals surface area (Å²) in [6, 6.07) is 6.64. The van der Waals surface area contributed by atoms with Gasteiger partial charge in [0, 0.05) is 24.9 Å². The average Bonchev–Trinajstić information content (AvgIpc) is 3.62. The van der Waals surface area contributed by atoms with Crippen LogP contribution in [-0.4, -0.2) is 58.9 Å². The Morgan fingerprint density at radius 1 is 1.00 bits per heavy atom. The van der Waals surface area contributed by atoms with Gasteiger partial charge in [-0.1, -0.05) is 0 Å². The molecule has 0 spiro atoms. The Hall–Kier alpha value is -2.88. The smallest absolute Gasteiger partial charge is 0.410 e. The van der Waals surface area contributed by atoms with Gasteiger partial charge in [-0.2, -0.15) is 0 Å². The van der Waals surface area contributed by atoms with Crippen molar-refractivity contribution >= 4 is 15.9 Å². The van der Waals surface area contributed by atoms with Gasteiger partial charge in [-0.25, -0.2) is 23.2 Å². The highest BCUT2D eigenvalue weighted by molar-refractivity contribution is 7.92. The van der Waals surface area contributed by atoms with E-state index in [9.17, 15) is 13.2 Å². The first-order chi connectivity index (χ1) is 16.7. The molecule has 188 valence electrons. The van der Waals surface area contributed by atoms with Crippen LogP contribution in [-0.2, 0) is 14.6 Å². The molecule has 1 aliphatic carbocycles. The fraction of sp³-hybridized carbons (Fsp3) is 0.560. The minimum absolute atomic E-state index is 0.0658. The molecule has 1 saturated carbocycles. The van der Waals surface area contributed by atoms with Crippen LogP contribution in [0.25, 0.3) is 0 Å². The lowest BCUT2D eigenvalue weighted by Crippen LogP contribution is -2.50. The molecular formula is C25H31N3O6S. The number of piperidine rings is 1. The Bertz CT molecular complexity index is 1180. The zero-order valence-electron chi connectivity index (χ0n) is 20.2. The summed E-state index contributed by atoms with van der Waals surface area (Å²) >= 11 is 0. The van der Waals surface area contributed by atoms with Crippen LogP contribution < -0.4 is 9.47 Å². The number of carbonyl (C=O) groups excluding carboxylic acids is 1. The number of aromatic nitrogens is 2. The number of hydrogen-bond donors (Lipinski definition) is 0. The van der Waals surface area contributed by atoms with Gasteiger partial charge in [0.15, 0.2) is 9.84 Å². The van der Waals surface area contributed by atoms with Crippen LogP contribution in [0.1, 0.15) is 57.9 Å². The molecule has 1 aromatic carbocycles. The van der Waals surface area contributed by atoms with E-state index in [1.54, 1.807) is 24.3 Å². The Labute approximate surface area is 205 Å². The predicted octanol–water partition coefficient (Wildman–Crippen LogP) is 4.43. The first-order valence-corrected chi connectivity index (χ1v) is 13.8. The minimum atomic E-state index is -3.24. The number of sulfone groups is 1. The second-order valence-corrected chi connectivity index (χ2v) is 12.1. The summed E-state index contributed by atoms with van der Waals surface area (Å²) in [5.74, 6) is 1.29. The summed E-state index contributed by atoms with van der Waals surface area (Å²) in [6.45, 7) is 5.55. The average molecular weight is 502 g/mol. The van der Waals surface area contributed by atoms with Crippen molar-refractivity contribution in [3.8, 4) is 17.5 Å². The van der Waals surface area contributed by atoms with Crippen LogP contribution in [0.4, 0.5) is 4.79 Å². The van der Waals surface area contributed by atoms with Crippen LogP contribution in [0, 0.1) is 6.92 Å². The van der Waals surface area contributed by atoms with Crippen LogP contribution in [0.2, 0.25) is 0 Å². The molecule has 2 aromatic rings. The second kappa shape index (κ2) is 9.29. The number of fused-ring (bicyclic) bond motifs is 2. The van der Waals surface area contributed by atoms with Crippen molar-refractivity contribution in [1.82, 2.24) is 14.9 Å². The molecule has 3 heterocycles. The molecule has 1 unspecified atom stereocenters. The third-order valence-corrected chi connectivity index (χ3v) is 9.12. The Kier molecular flexibility index (Phi) is 6.33. The molecule has 9 nitrogen and oxygen atoms in total. The zero-order chi connectivity index (χ0) is 24.7. The Morgan fingerprint density at radius 3 is 2.23 bits per heavy atom. The van der Waals surface area contributed by atoms with Gasteiger partial charge in [-0.15, -0.1) is 0 Å². The lowest BCUT2D eigenvalue weighted by atomic mass is 10.0. The predicted molar refractivity (Wildman–Crippen MR) is 127 cm³/mol. The summed E-state index contributed by atoms with van der Waals surface area (Å²) in [5, 5.41) is -0.249. The van der Waals surface area contributed by atoms with E-state index < -0.39 is 9.84 Å². The van der Waals surface area contributed by atoms with Crippen molar-refractivity contribution in [3.63, 3.8) is 0 Å². The van der Waals surface area contributed by atoms with Gasteiger partial charge in [-0.3, -0.25) is 0 Å². The third-order valence-electron chi connectivity index (χ3n) is 6.84. The van der Waals surface area contributed by atoms with E-state index in [2.05, 4.69) is 9.97 Å². The summed E-state index contributed by atoms with van der Waals surface area (Å²) in [5.41, 5.74) is 0.663. The molecule has 0 radical (unpaired) electrons. The number of hydrogen-bond acceptors (Lipinski definition) is 8. The van der Waals surface area contributed by atoms with Gasteiger partial charge >= 0.3 is 6.09 Å². The lowest BCUT2D eigenvalue weighted by molar-refractivity contribution is 0.0206. The first kappa shape index (κ1) is 23.8. The topological polar surface area (TPSA) is 108 Å². The van der Waals surface area contributed by atoms with Crippen molar-refractivity contribution in [3.05, 3.63) is 36.2 Å². The number of rotatable bonds is 7. The van der Waals surface area contributed by atoms with E-state index in [-0.39, 0.29) is 35.6 Å². The number of carbonyl (C=O) groups is 1. The van der Waals surface area contributed by atoms with Gasteiger partial charge < -0.3 is 19.1 Å². The van der Waals surface area contributed by atoms with Gasteiger partial charge in [0.25, 0.3) is 0 Å². The molecule has 2 saturated heterocycles. The monoisotopic (exact) mass is 501 g/mol. The van der Waals surface area contributed by atoms with E-state index in [4.69, 9.17) is 14.2 Å². The highest BCUT2D eigenvalue weighted by atomic mass is 32.2. The largest absolute Gasteiger partial charge is 0.474 e. The molecule has 2 aliphatic heterocycles. The van der Waals surface area contributed by atoms with Crippen LogP contribution in [0.15, 0.2) is 35.5 Å². The summed E-state index contributed by atoms with van der Waals surface area (Å²) in [4.78, 5) is 23.3. The molecule has 1 aromatic heterocycles. The van der Waals surface area contributed by atoms with Crippen LogP contribution >= 0.6 is 0 Å². The molecule has 3 aliphatic rings.